The van der Waals surface area contributed by atoms with E-state index in [2.05, 4.69) is 170 Å². The van der Waals surface area contributed by atoms with Gasteiger partial charge in [-0.1, -0.05) is 110 Å². The summed E-state index contributed by atoms with van der Waals surface area (Å²) in [5.74, 6) is 0. The standard InChI is InChI=1S/C44H31NOSSi/c1-48(2)41-25-24-36-33-12-6-8-14-38(33)46-44(36)43(41)37-23-21-32(27-42(37)48)45(30-10-4-3-5-11-30)31-19-16-28(17-20-31)29-18-22-35-34-13-7-9-15-39(34)47-40(35)26-29/h3-27H,1-2H3. The highest BCUT2D eigenvalue weighted by Gasteiger charge is 2.40. The van der Waals surface area contributed by atoms with Crippen LogP contribution in [0.3, 0.4) is 0 Å². The van der Waals surface area contributed by atoms with Crippen LogP contribution >= 0.6 is 11.3 Å². The summed E-state index contributed by atoms with van der Waals surface area (Å²) in [7, 11) is -2.00. The maximum atomic E-state index is 6.56. The van der Waals surface area contributed by atoms with E-state index in [4.69, 9.17) is 4.42 Å². The van der Waals surface area contributed by atoms with Crippen LogP contribution in [0.2, 0.25) is 13.1 Å². The number of hydrogen-bond acceptors (Lipinski definition) is 3. The van der Waals surface area contributed by atoms with Gasteiger partial charge >= 0.3 is 0 Å². The third-order valence-corrected chi connectivity index (χ3v) is 14.9. The van der Waals surface area contributed by atoms with Crippen molar-refractivity contribution in [2.45, 2.75) is 13.1 Å². The molecule has 228 valence electrons. The topological polar surface area (TPSA) is 16.4 Å². The predicted molar refractivity (Wildman–Crippen MR) is 209 cm³/mol. The fourth-order valence-corrected chi connectivity index (χ4v) is 12.1. The number of fused-ring (bicyclic) bond motifs is 10. The number of anilines is 3. The molecule has 2 aromatic heterocycles. The van der Waals surface area contributed by atoms with Crippen molar-refractivity contribution in [3.63, 3.8) is 0 Å². The van der Waals surface area contributed by atoms with Crippen molar-refractivity contribution in [3.8, 4) is 22.3 Å². The van der Waals surface area contributed by atoms with Gasteiger partial charge in [0.1, 0.15) is 19.2 Å². The molecule has 2 nitrogen and oxygen atoms in total. The van der Waals surface area contributed by atoms with Gasteiger partial charge in [0.15, 0.2) is 0 Å². The molecular weight excluding hydrogens is 619 g/mol. The highest BCUT2D eigenvalue weighted by Crippen LogP contribution is 2.42. The molecule has 0 aliphatic carbocycles. The van der Waals surface area contributed by atoms with Crippen molar-refractivity contribution in [2.24, 2.45) is 0 Å². The number of thiophene rings is 1. The van der Waals surface area contributed by atoms with E-state index in [9.17, 15) is 0 Å². The molecule has 0 spiro atoms. The zero-order valence-electron chi connectivity index (χ0n) is 26.7. The van der Waals surface area contributed by atoms with Crippen molar-refractivity contribution in [3.05, 3.63) is 152 Å². The third-order valence-electron chi connectivity index (χ3n) is 10.3. The highest BCUT2D eigenvalue weighted by atomic mass is 32.1. The van der Waals surface area contributed by atoms with Gasteiger partial charge in [0, 0.05) is 53.6 Å². The van der Waals surface area contributed by atoms with E-state index in [1.165, 1.54) is 69.3 Å². The van der Waals surface area contributed by atoms with Gasteiger partial charge in [0.2, 0.25) is 0 Å². The van der Waals surface area contributed by atoms with E-state index in [1.807, 2.05) is 11.3 Å². The van der Waals surface area contributed by atoms with Gasteiger partial charge in [-0.2, -0.15) is 0 Å². The molecule has 0 radical (unpaired) electrons. The van der Waals surface area contributed by atoms with Crippen LogP contribution in [0.15, 0.2) is 156 Å². The van der Waals surface area contributed by atoms with Gasteiger partial charge in [-0.3, -0.25) is 0 Å². The number of furan rings is 1. The van der Waals surface area contributed by atoms with E-state index >= 15 is 0 Å². The Balaban J connectivity index is 1.08. The number of para-hydroxylation sites is 2. The lowest BCUT2D eigenvalue weighted by atomic mass is 10.0. The quantitative estimate of drug-likeness (QED) is 0.176. The first-order valence-corrected chi connectivity index (χ1v) is 20.3. The third kappa shape index (κ3) is 4.03. The van der Waals surface area contributed by atoms with Crippen LogP contribution in [0, 0.1) is 0 Å². The molecule has 1 aliphatic heterocycles. The van der Waals surface area contributed by atoms with Gasteiger partial charge in [-0.15, -0.1) is 11.3 Å². The number of benzene rings is 7. The molecule has 0 fully saturated rings. The Morgan fingerprint density at radius 1 is 0.500 bits per heavy atom. The second kappa shape index (κ2) is 10.3. The van der Waals surface area contributed by atoms with Crippen molar-refractivity contribution >= 4 is 89.0 Å². The van der Waals surface area contributed by atoms with Crippen molar-refractivity contribution in [2.75, 3.05) is 4.90 Å². The molecule has 10 rings (SSSR count). The second-order valence-electron chi connectivity index (χ2n) is 13.3. The molecule has 3 heterocycles. The largest absolute Gasteiger partial charge is 0.455 e. The smallest absolute Gasteiger partial charge is 0.143 e. The minimum absolute atomic E-state index is 0.952. The van der Waals surface area contributed by atoms with Crippen LogP contribution in [-0.4, -0.2) is 8.07 Å². The molecular formula is C44H31NOSSi. The van der Waals surface area contributed by atoms with Crippen LogP contribution in [0.25, 0.3) is 64.4 Å². The SMILES string of the molecule is C[Si]1(C)c2cc(N(c3ccccc3)c3ccc(-c4ccc5c(c4)sc4ccccc45)cc3)ccc2-c2c1ccc1c2oc2ccccc21. The zero-order chi connectivity index (χ0) is 32.0. The van der Waals surface area contributed by atoms with Gasteiger partial charge in [0.25, 0.3) is 0 Å². The van der Waals surface area contributed by atoms with Gasteiger partial charge in [-0.05, 0) is 81.7 Å². The van der Waals surface area contributed by atoms with Crippen LogP contribution in [0.1, 0.15) is 0 Å². The molecule has 0 amide bonds. The fraction of sp³-hybridized carbons (Fsp3) is 0.0455. The van der Waals surface area contributed by atoms with Crippen LogP contribution in [0.5, 0.6) is 0 Å². The lowest BCUT2D eigenvalue weighted by Crippen LogP contribution is -2.49. The van der Waals surface area contributed by atoms with Gasteiger partial charge in [0.05, 0.1) is 0 Å². The summed E-state index contributed by atoms with van der Waals surface area (Å²) in [6.07, 6.45) is 0. The summed E-state index contributed by atoms with van der Waals surface area (Å²) in [4.78, 5) is 2.39. The number of hydrogen-bond donors (Lipinski definition) is 0. The molecule has 0 unspecified atom stereocenters. The summed E-state index contributed by atoms with van der Waals surface area (Å²) in [6, 6.07) is 55.5. The number of nitrogens with zero attached hydrogens (tertiary/aromatic N) is 1. The first-order chi connectivity index (χ1) is 23.5. The van der Waals surface area contributed by atoms with Crippen molar-refractivity contribution in [1.29, 1.82) is 0 Å². The molecule has 0 saturated heterocycles. The Morgan fingerprint density at radius 3 is 2.02 bits per heavy atom. The molecule has 7 aromatic carbocycles. The molecule has 0 saturated carbocycles. The highest BCUT2D eigenvalue weighted by molar-refractivity contribution is 7.25. The first kappa shape index (κ1) is 27.7. The van der Waals surface area contributed by atoms with E-state index in [-0.39, 0.29) is 0 Å². The number of rotatable bonds is 4. The summed E-state index contributed by atoms with van der Waals surface area (Å²) < 4.78 is 9.23. The Bertz CT molecular complexity index is 2700. The molecule has 0 atom stereocenters. The second-order valence-corrected chi connectivity index (χ2v) is 18.8. The lowest BCUT2D eigenvalue weighted by Gasteiger charge is -2.27. The van der Waals surface area contributed by atoms with E-state index in [0.717, 1.165) is 22.5 Å². The average molecular weight is 650 g/mol. The molecule has 0 N–H and O–H groups in total. The first-order valence-electron chi connectivity index (χ1n) is 16.5. The summed E-state index contributed by atoms with van der Waals surface area (Å²) in [6.45, 7) is 4.95. The van der Waals surface area contributed by atoms with Gasteiger partial charge in [-0.25, -0.2) is 0 Å². The molecule has 48 heavy (non-hydrogen) atoms. The molecule has 1 aliphatic rings. The lowest BCUT2D eigenvalue weighted by molar-refractivity contribution is 0.670. The van der Waals surface area contributed by atoms with Crippen LogP contribution in [0.4, 0.5) is 17.1 Å². The van der Waals surface area contributed by atoms with Crippen molar-refractivity contribution in [1.82, 2.24) is 0 Å². The van der Waals surface area contributed by atoms with Crippen LogP contribution < -0.4 is 15.3 Å². The van der Waals surface area contributed by atoms with Gasteiger partial charge < -0.3 is 9.32 Å². The Labute approximate surface area is 284 Å². The summed E-state index contributed by atoms with van der Waals surface area (Å²) >= 11 is 1.87. The minimum Gasteiger partial charge on any atom is -0.455 e. The van der Waals surface area contributed by atoms with E-state index < -0.39 is 8.07 Å². The molecule has 0 bridgehead atoms. The predicted octanol–water partition coefficient (Wildman–Crippen LogP) is 11.9. The van der Waals surface area contributed by atoms with Crippen molar-refractivity contribution < 1.29 is 4.42 Å². The Hall–Kier alpha value is -5.42. The fourth-order valence-electron chi connectivity index (χ4n) is 7.86. The maximum absolute atomic E-state index is 6.56. The van der Waals surface area contributed by atoms with E-state index in [0.29, 0.717) is 0 Å². The Morgan fingerprint density at radius 2 is 1.17 bits per heavy atom. The maximum Gasteiger partial charge on any atom is 0.143 e. The van der Waals surface area contributed by atoms with Crippen LogP contribution in [-0.2, 0) is 0 Å². The summed E-state index contributed by atoms with van der Waals surface area (Å²) in [5.41, 5.74) is 10.5. The molecule has 9 aromatic rings. The Kier molecular flexibility index (Phi) is 5.93. The normalized spacial score (nSPS) is 13.4. The zero-order valence-corrected chi connectivity index (χ0v) is 28.5. The monoisotopic (exact) mass is 649 g/mol. The molecule has 4 heteroatoms. The minimum atomic E-state index is -2.00. The average Bonchev–Trinajstić information content (AvgIpc) is 3.76. The van der Waals surface area contributed by atoms with E-state index in [1.54, 1.807) is 0 Å². The summed E-state index contributed by atoms with van der Waals surface area (Å²) in [5, 5.41) is 7.96.